The zero-order valence-electron chi connectivity index (χ0n) is 11.8. The van der Waals surface area contributed by atoms with Crippen molar-refractivity contribution in [3.8, 4) is 5.75 Å². The fourth-order valence-corrected chi connectivity index (χ4v) is 4.07. The Kier molecular flexibility index (Phi) is 4.08. The van der Waals surface area contributed by atoms with Crippen molar-refractivity contribution in [2.75, 3.05) is 7.11 Å². The molecule has 1 heterocycles. The largest absolute Gasteiger partial charge is 0.497 e. The standard InChI is InChI=1S/C17H20O2S/c1-19-14-8-5-7-13(10-14)17(18)16-11-12-6-3-2-4-9-15(12)20-16/h5,7-8,10-11,17-18H,2-4,6,9H2,1H3. The summed E-state index contributed by atoms with van der Waals surface area (Å²) >= 11 is 1.77. The van der Waals surface area contributed by atoms with Crippen molar-refractivity contribution in [2.45, 2.75) is 38.2 Å². The van der Waals surface area contributed by atoms with Crippen molar-refractivity contribution >= 4 is 11.3 Å². The molecule has 1 aliphatic carbocycles. The van der Waals surface area contributed by atoms with E-state index in [1.54, 1.807) is 18.4 Å². The number of hydrogen-bond donors (Lipinski definition) is 1. The van der Waals surface area contributed by atoms with E-state index in [2.05, 4.69) is 6.07 Å². The van der Waals surface area contributed by atoms with E-state index in [1.807, 2.05) is 24.3 Å². The number of rotatable bonds is 3. The van der Waals surface area contributed by atoms with Crippen LogP contribution in [0.25, 0.3) is 0 Å². The van der Waals surface area contributed by atoms with Crippen molar-refractivity contribution in [1.29, 1.82) is 0 Å². The van der Waals surface area contributed by atoms with Crippen molar-refractivity contribution < 1.29 is 9.84 Å². The molecule has 0 radical (unpaired) electrons. The first-order valence-corrected chi connectivity index (χ1v) is 8.03. The number of fused-ring (bicyclic) bond motifs is 1. The van der Waals surface area contributed by atoms with Gasteiger partial charge >= 0.3 is 0 Å². The summed E-state index contributed by atoms with van der Waals surface area (Å²) in [5.41, 5.74) is 2.35. The summed E-state index contributed by atoms with van der Waals surface area (Å²) in [7, 11) is 1.65. The highest BCUT2D eigenvalue weighted by Crippen LogP contribution is 2.35. The molecule has 0 aliphatic heterocycles. The number of aryl methyl sites for hydroxylation is 2. The molecule has 0 saturated heterocycles. The highest BCUT2D eigenvalue weighted by molar-refractivity contribution is 7.12. The van der Waals surface area contributed by atoms with Crippen LogP contribution in [0.15, 0.2) is 30.3 Å². The predicted octanol–water partition coefficient (Wildman–Crippen LogP) is 4.11. The van der Waals surface area contributed by atoms with Crippen LogP contribution >= 0.6 is 11.3 Å². The van der Waals surface area contributed by atoms with Gasteiger partial charge in [-0.1, -0.05) is 18.6 Å². The predicted molar refractivity (Wildman–Crippen MR) is 82.6 cm³/mol. The van der Waals surface area contributed by atoms with Crippen molar-refractivity contribution in [3.05, 3.63) is 51.2 Å². The summed E-state index contributed by atoms with van der Waals surface area (Å²) < 4.78 is 5.23. The third kappa shape index (κ3) is 2.74. The molecule has 0 saturated carbocycles. The second kappa shape index (κ2) is 5.98. The van der Waals surface area contributed by atoms with E-state index < -0.39 is 6.10 Å². The van der Waals surface area contributed by atoms with E-state index in [9.17, 15) is 5.11 Å². The number of methoxy groups -OCH3 is 1. The molecule has 106 valence electrons. The molecule has 1 aromatic heterocycles. The number of ether oxygens (including phenoxy) is 1. The van der Waals surface area contributed by atoms with Gasteiger partial charge in [0.05, 0.1) is 7.11 Å². The Hall–Kier alpha value is -1.32. The maximum Gasteiger partial charge on any atom is 0.119 e. The molecule has 20 heavy (non-hydrogen) atoms. The van der Waals surface area contributed by atoms with Crippen LogP contribution in [-0.4, -0.2) is 12.2 Å². The molecule has 3 heteroatoms. The Bertz CT molecular complexity index is 565. The van der Waals surface area contributed by atoms with Gasteiger partial charge in [-0.15, -0.1) is 11.3 Å². The molecule has 1 aromatic carbocycles. The first-order valence-electron chi connectivity index (χ1n) is 7.21. The first-order chi connectivity index (χ1) is 9.78. The van der Waals surface area contributed by atoms with Crippen LogP contribution in [0.5, 0.6) is 5.75 Å². The SMILES string of the molecule is COc1cccc(C(O)c2cc3c(s2)CCCCC3)c1. The van der Waals surface area contributed by atoms with Crippen molar-refractivity contribution in [3.63, 3.8) is 0 Å². The van der Waals surface area contributed by atoms with Crippen LogP contribution in [0.4, 0.5) is 0 Å². The molecule has 1 aliphatic rings. The lowest BCUT2D eigenvalue weighted by Crippen LogP contribution is -1.97. The quantitative estimate of drug-likeness (QED) is 0.861. The average molecular weight is 288 g/mol. The molecule has 2 nitrogen and oxygen atoms in total. The molecule has 0 bridgehead atoms. The second-order valence-electron chi connectivity index (χ2n) is 5.34. The van der Waals surface area contributed by atoms with E-state index >= 15 is 0 Å². The van der Waals surface area contributed by atoms with Gasteiger partial charge < -0.3 is 9.84 Å². The number of aliphatic hydroxyl groups is 1. The van der Waals surface area contributed by atoms with Crippen LogP contribution in [0.3, 0.4) is 0 Å². The minimum Gasteiger partial charge on any atom is -0.497 e. The number of hydrogen-bond acceptors (Lipinski definition) is 3. The Morgan fingerprint density at radius 3 is 2.85 bits per heavy atom. The fourth-order valence-electron chi connectivity index (χ4n) is 2.80. The molecular weight excluding hydrogens is 268 g/mol. The summed E-state index contributed by atoms with van der Waals surface area (Å²) in [4.78, 5) is 2.53. The Morgan fingerprint density at radius 1 is 1.15 bits per heavy atom. The van der Waals surface area contributed by atoms with Gasteiger partial charge in [0.2, 0.25) is 0 Å². The third-order valence-corrected chi connectivity index (χ3v) is 5.23. The Balaban J connectivity index is 1.88. The fraction of sp³-hybridized carbons (Fsp3) is 0.412. The van der Waals surface area contributed by atoms with Crippen molar-refractivity contribution in [2.24, 2.45) is 0 Å². The zero-order chi connectivity index (χ0) is 13.9. The molecular formula is C17H20O2S. The van der Waals surface area contributed by atoms with Gasteiger partial charge in [-0.05, 0) is 55.0 Å². The van der Waals surface area contributed by atoms with E-state index in [4.69, 9.17) is 4.74 Å². The normalized spacial score (nSPS) is 16.3. The number of aliphatic hydroxyl groups excluding tert-OH is 1. The third-order valence-electron chi connectivity index (χ3n) is 3.94. The summed E-state index contributed by atoms with van der Waals surface area (Å²) in [6, 6.07) is 9.90. The number of benzene rings is 1. The van der Waals surface area contributed by atoms with Gasteiger partial charge in [-0.25, -0.2) is 0 Å². The monoisotopic (exact) mass is 288 g/mol. The molecule has 0 spiro atoms. The summed E-state index contributed by atoms with van der Waals surface area (Å²) in [5, 5.41) is 10.6. The maximum atomic E-state index is 10.6. The van der Waals surface area contributed by atoms with Gasteiger partial charge in [0.25, 0.3) is 0 Å². The second-order valence-corrected chi connectivity index (χ2v) is 6.51. The highest BCUT2D eigenvalue weighted by atomic mass is 32.1. The summed E-state index contributed by atoms with van der Waals surface area (Å²) in [5.74, 6) is 0.791. The molecule has 1 unspecified atom stereocenters. The smallest absolute Gasteiger partial charge is 0.119 e. The van der Waals surface area contributed by atoms with Gasteiger partial charge in [-0.2, -0.15) is 0 Å². The number of thiophene rings is 1. The average Bonchev–Trinajstić information content (AvgIpc) is 2.77. The molecule has 0 amide bonds. The van der Waals surface area contributed by atoms with E-state index in [0.717, 1.165) is 22.6 Å². The molecule has 2 aromatic rings. The van der Waals surface area contributed by atoms with Gasteiger partial charge in [0.1, 0.15) is 11.9 Å². The Labute approximate surface area is 124 Å². The lowest BCUT2D eigenvalue weighted by Gasteiger charge is -2.10. The first kappa shape index (κ1) is 13.7. The topological polar surface area (TPSA) is 29.5 Å². The minimum absolute atomic E-state index is 0.540. The van der Waals surface area contributed by atoms with Crippen LogP contribution in [0.1, 0.15) is 46.2 Å². The summed E-state index contributed by atoms with van der Waals surface area (Å²) in [6.45, 7) is 0. The van der Waals surface area contributed by atoms with Crippen molar-refractivity contribution in [1.82, 2.24) is 0 Å². The van der Waals surface area contributed by atoms with Crippen LogP contribution in [0, 0.1) is 0 Å². The van der Waals surface area contributed by atoms with Crippen LogP contribution in [-0.2, 0) is 12.8 Å². The lowest BCUT2D eigenvalue weighted by atomic mass is 10.1. The van der Waals surface area contributed by atoms with E-state index in [1.165, 1.54) is 36.1 Å². The van der Waals surface area contributed by atoms with E-state index in [-0.39, 0.29) is 0 Å². The van der Waals surface area contributed by atoms with Gasteiger partial charge in [0.15, 0.2) is 0 Å². The molecule has 3 rings (SSSR count). The van der Waals surface area contributed by atoms with Gasteiger partial charge in [-0.3, -0.25) is 0 Å². The zero-order valence-corrected chi connectivity index (χ0v) is 12.6. The Morgan fingerprint density at radius 2 is 2.00 bits per heavy atom. The van der Waals surface area contributed by atoms with Crippen LogP contribution < -0.4 is 4.74 Å². The lowest BCUT2D eigenvalue weighted by molar-refractivity contribution is 0.223. The van der Waals surface area contributed by atoms with E-state index in [0.29, 0.717) is 0 Å². The molecule has 0 fully saturated rings. The van der Waals surface area contributed by atoms with Gasteiger partial charge in [0, 0.05) is 9.75 Å². The maximum absolute atomic E-state index is 10.6. The van der Waals surface area contributed by atoms with Crippen LogP contribution in [0.2, 0.25) is 0 Å². The highest BCUT2D eigenvalue weighted by Gasteiger charge is 2.18. The summed E-state index contributed by atoms with van der Waals surface area (Å²) in [6.07, 6.45) is 5.68. The molecule has 1 atom stereocenters. The minimum atomic E-state index is -0.540. The molecule has 1 N–H and O–H groups in total.